The van der Waals surface area contributed by atoms with Gasteiger partial charge in [-0.05, 0) is 29.3 Å². The second-order valence-electron chi connectivity index (χ2n) is 3.24. The van der Waals surface area contributed by atoms with E-state index in [0.29, 0.717) is 0 Å². The molecule has 0 fully saturated rings. The molecule has 6 heteroatoms. The monoisotopic (exact) mass is 239 g/mol. The molecule has 86 valence electrons. The second-order valence-corrected chi connectivity index (χ2v) is 4.02. The highest BCUT2D eigenvalue weighted by atomic mass is 32.1. The maximum Gasteiger partial charge on any atom is 0.415 e. The molecule has 1 rings (SSSR count). The van der Waals surface area contributed by atoms with E-state index in [1.165, 1.54) is 11.3 Å². The van der Waals surface area contributed by atoms with Gasteiger partial charge < -0.3 is 10.4 Å². The molecule has 1 heterocycles. The third kappa shape index (κ3) is 3.81. The van der Waals surface area contributed by atoms with Gasteiger partial charge in [0.2, 0.25) is 0 Å². The number of aliphatic hydroxyl groups excluding tert-OH is 1. The van der Waals surface area contributed by atoms with Crippen LogP contribution in [0.15, 0.2) is 16.8 Å². The van der Waals surface area contributed by atoms with Crippen molar-refractivity contribution < 1.29 is 18.3 Å². The van der Waals surface area contributed by atoms with E-state index in [0.717, 1.165) is 5.56 Å². The highest BCUT2D eigenvalue weighted by Gasteiger charge is 2.37. The van der Waals surface area contributed by atoms with E-state index in [9.17, 15) is 13.2 Å². The molecule has 0 radical (unpaired) electrons. The van der Waals surface area contributed by atoms with Gasteiger partial charge >= 0.3 is 6.18 Å². The summed E-state index contributed by atoms with van der Waals surface area (Å²) in [4.78, 5) is 0. The third-order valence-corrected chi connectivity index (χ3v) is 2.74. The summed E-state index contributed by atoms with van der Waals surface area (Å²) in [6, 6.07) is 1.65. The van der Waals surface area contributed by atoms with Crippen molar-refractivity contribution >= 4 is 11.3 Å². The van der Waals surface area contributed by atoms with Gasteiger partial charge in [0, 0.05) is 12.6 Å². The van der Waals surface area contributed by atoms with Crippen LogP contribution in [0.2, 0.25) is 0 Å². The van der Waals surface area contributed by atoms with Gasteiger partial charge in [-0.1, -0.05) is 0 Å². The molecule has 0 saturated heterocycles. The highest BCUT2D eigenvalue weighted by Crippen LogP contribution is 2.21. The van der Waals surface area contributed by atoms with Gasteiger partial charge in [-0.25, -0.2) is 0 Å². The Morgan fingerprint density at radius 2 is 2.20 bits per heavy atom. The van der Waals surface area contributed by atoms with Crippen LogP contribution in [0.4, 0.5) is 13.2 Å². The van der Waals surface area contributed by atoms with Gasteiger partial charge in [-0.2, -0.15) is 24.5 Å². The van der Waals surface area contributed by atoms with Crippen molar-refractivity contribution in [3.63, 3.8) is 0 Å². The predicted octanol–water partition coefficient (Wildman–Crippen LogP) is 2.32. The highest BCUT2D eigenvalue weighted by molar-refractivity contribution is 7.07. The molecule has 0 bridgehead atoms. The molecule has 2 nitrogen and oxygen atoms in total. The summed E-state index contributed by atoms with van der Waals surface area (Å²) in [5.41, 5.74) is 0.925. The second kappa shape index (κ2) is 4.96. The van der Waals surface area contributed by atoms with Crippen molar-refractivity contribution in [2.75, 3.05) is 6.54 Å². The lowest BCUT2D eigenvalue weighted by Gasteiger charge is -2.18. The first-order valence-electron chi connectivity index (χ1n) is 4.41. The number of aliphatic hydroxyl groups is 1. The number of hydrogen-bond donors (Lipinski definition) is 2. The average molecular weight is 239 g/mol. The van der Waals surface area contributed by atoms with Gasteiger partial charge in [-0.3, -0.25) is 0 Å². The van der Waals surface area contributed by atoms with Crippen LogP contribution in [0, 0.1) is 0 Å². The van der Waals surface area contributed by atoms with Crippen LogP contribution in [0.1, 0.15) is 18.5 Å². The molecule has 0 aliphatic heterocycles. The van der Waals surface area contributed by atoms with E-state index in [-0.39, 0.29) is 6.04 Å². The van der Waals surface area contributed by atoms with Crippen LogP contribution in [0.25, 0.3) is 0 Å². The lowest BCUT2D eigenvalue weighted by Crippen LogP contribution is -2.39. The minimum Gasteiger partial charge on any atom is -0.382 e. The van der Waals surface area contributed by atoms with Gasteiger partial charge in [-0.15, -0.1) is 0 Å². The summed E-state index contributed by atoms with van der Waals surface area (Å²) in [5.74, 6) is 0. The number of rotatable bonds is 4. The van der Waals surface area contributed by atoms with Gasteiger partial charge in [0.05, 0.1) is 0 Å². The summed E-state index contributed by atoms with van der Waals surface area (Å²) in [6.07, 6.45) is -6.86. The van der Waals surface area contributed by atoms with E-state index >= 15 is 0 Å². The van der Waals surface area contributed by atoms with Crippen LogP contribution in [-0.2, 0) is 0 Å². The van der Waals surface area contributed by atoms with E-state index in [1.807, 2.05) is 16.8 Å². The Labute approximate surface area is 89.7 Å². The maximum atomic E-state index is 12.0. The van der Waals surface area contributed by atoms with Gasteiger partial charge in [0.25, 0.3) is 0 Å². The lowest BCUT2D eigenvalue weighted by molar-refractivity contribution is -0.202. The molecule has 2 N–H and O–H groups in total. The Morgan fingerprint density at radius 3 is 2.67 bits per heavy atom. The van der Waals surface area contributed by atoms with Gasteiger partial charge in [0.15, 0.2) is 6.10 Å². The van der Waals surface area contributed by atoms with Crippen LogP contribution in [-0.4, -0.2) is 23.9 Å². The first kappa shape index (κ1) is 12.5. The van der Waals surface area contributed by atoms with Crippen LogP contribution >= 0.6 is 11.3 Å². The molecule has 15 heavy (non-hydrogen) atoms. The molecule has 1 aromatic heterocycles. The third-order valence-electron chi connectivity index (χ3n) is 2.04. The quantitative estimate of drug-likeness (QED) is 0.845. The molecule has 0 spiro atoms. The van der Waals surface area contributed by atoms with Crippen LogP contribution < -0.4 is 5.32 Å². The summed E-state index contributed by atoms with van der Waals surface area (Å²) < 4.78 is 35.9. The smallest absolute Gasteiger partial charge is 0.382 e. The molecule has 0 saturated carbocycles. The van der Waals surface area contributed by atoms with Crippen molar-refractivity contribution in [1.82, 2.24) is 5.32 Å². The van der Waals surface area contributed by atoms with E-state index in [2.05, 4.69) is 5.32 Å². The molecule has 0 amide bonds. The predicted molar refractivity (Wildman–Crippen MR) is 52.8 cm³/mol. The minimum atomic E-state index is -4.55. The average Bonchev–Trinajstić information content (AvgIpc) is 2.64. The Bertz CT molecular complexity index is 286. The fourth-order valence-corrected chi connectivity index (χ4v) is 1.80. The number of thiophene rings is 1. The Morgan fingerprint density at radius 1 is 1.53 bits per heavy atom. The van der Waals surface area contributed by atoms with E-state index in [4.69, 9.17) is 5.11 Å². The van der Waals surface area contributed by atoms with Crippen LogP contribution in [0.5, 0.6) is 0 Å². The Kier molecular flexibility index (Phi) is 4.12. The summed E-state index contributed by atoms with van der Waals surface area (Å²) >= 11 is 1.48. The Hall–Kier alpha value is -0.590. The number of halogens is 3. The molecular weight excluding hydrogens is 227 g/mol. The van der Waals surface area contributed by atoms with Crippen molar-refractivity contribution in [3.8, 4) is 0 Å². The topological polar surface area (TPSA) is 32.3 Å². The van der Waals surface area contributed by atoms with Crippen molar-refractivity contribution in [3.05, 3.63) is 22.4 Å². The largest absolute Gasteiger partial charge is 0.415 e. The zero-order valence-electron chi connectivity index (χ0n) is 8.08. The normalized spacial score (nSPS) is 16.3. The van der Waals surface area contributed by atoms with E-state index in [1.54, 1.807) is 6.92 Å². The molecule has 1 aromatic rings. The molecule has 0 aromatic carbocycles. The molecule has 0 aliphatic rings. The number of nitrogens with one attached hydrogen (secondary N) is 1. The fraction of sp³-hybridized carbons (Fsp3) is 0.556. The Balaban J connectivity index is 2.38. The SMILES string of the molecule is CC(NCC(O)C(F)(F)F)c1ccsc1. The fourth-order valence-electron chi connectivity index (χ4n) is 1.04. The lowest BCUT2D eigenvalue weighted by atomic mass is 10.2. The number of alkyl halides is 3. The summed E-state index contributed by atoms with van der Waals surface area (Å²) in [7, 11) is 0. The molecule has 0 aliphatic carbocycles. The maximum absolute atomic E-state index is 12.0. The zero-order chi connectivity index (χ0) is 11.5. The molecule has 2 atom stereocenters. The minimum absolute atomic E-state index is 0.187. The number of hydrogen-bond acceptors (Lipinski definition) is 3. The van der Waals surface area contributed by atoms with Gasteiger partial charge in [0.1, 0.15) is 0 Å². The molecule has 2 unspecified atom stereocenters. The van der Waals surface area contributed by atoms with Crippen molar-refractivity contribution in [2.24, 2.45) is 0 Å². The first-order valence-corrected chi connectivity index (χ1v) is 5.36. The standard InChI is InChI=1S/C9H12F3NOS/c1-6(7-2-3-15-5-7)13-4-8(14)9(10,11)12/h2-3,5-6,8,13-14H,4H2,1H3. The van der Waals surface area contributed by atoms with E-state index < -0.39 is 18.8 Å². The molecular formula is C9H12F3NOS. The van der Waals surface area contributed by atoms with Crippen LogP contribution in [0.3, 0.4) is 0 Å². The van der Waals surface area contributed by atoms with Crippen molar-refractivity contribution in [2.45, 2.75) is 25.2 Å². The first-order chi connectivity index (χ1) is 6.91. The zero-order valence-corrected chi connectivity index (χ0v) is 8.90. The summed E-state index contributed by atoms with van der Waals surface area (Å²) in [5, 5.41) is 15.1. The summed E-state index contributed by atoms with van der Waals surface area (Å²) in [6.45, 7) is 1.27. The van der Waals surface area contributed by atoms with Crippen molar-refractivity contribution in [1.29, 1.82) is 0 Å².